The summed E-state index contributed by atoms with van der Waals surface area (Å²) in [7, 11) is 0. The number of nitrogens with zero attached hydrogens (tertiary/aromatic N) is 1. The fraction of sp³-hybridized carbons (Fsp3) is 0.286. The Bertz CT molecular complexity index is 232. The van der Waals surface area contributed by atoms with E-state index >= 15 is 0 Å². The Morgan fingerprint density at radius 3 is 2.82 bits per heavy atom. The molecule has 60 valence electrons. The maximum absolute atomic E-state index is 5.40. The second kappa shape index (κ2) is 4.37. The van der Waals surface area contributed by atoms with Crippen LogP contribution in [-0.4, -0.2) is 11.5 Å². The molecule has 0 saturated carbocycles. The molecule has 0 amide bonds. The van der Waals surface area contributed by atoms with Gasteiger partial charge in [0.1, 0.15) is 4.60 Å². The normalized spacial score (nSPS) is 10.1. The summed E-state index contributed by atoms with van der Waals surface area (Å²) in [5.74, 6) is 0. The molecule has 11 heavy (non-hydrogen) atoms. The van der Waals surface area contributed by atoms with Crippen LogP contribution in [-0.2, 0) is 6.42 Å². The molecular formula is C7H8BrIN2. The highest BCUT2D eigenvalue weighted by molar-refractivity contribution is 14.1. The summed E-state index contributed by atoms with van der Waals surface area (Å²) in [5, 5.41) is 0. The molecule has 4 heteroatoms. The molecule has 1 aromatic rings. The minimum Gasteiger partial charge on any atom is -0.330 e. The molecular weight excluding hydrogens is 319 g/mol. The molecule has 0 aliphatic carbocycles. The number of hydrogen-bond donors (Lipinski definition) is 1. The predicted molar refractivity (Wildman–Crippen MR) is 57.4 cm³/mol. The minimum atomic E-state index is 0.652. The average molecular weight is 327 g/mol. The van der Waals surface area contributed by atoms with Gasteiger partial charge in [0.25, 0.3) is 0 Å². The lowest BCUT2D eigenvalue weighted by Crippen LogP contribution is -2.04. The van der Waals surface area contributed by atoms with Crippen molar-refractivity contribution in [1.82, 2.24) is 4.98 Å². The van der Waals surface area contributed by atoms with Crippen LogP contribution < -0.4 is 5.73 Å². The smallest absolute Gasteiger partial charge is 0.107 e. The summed E-state index contributed by atoms with van der Waals surface area (Å²) in [4.78, 5) is 4.26. The molecule has 0 saturated heterocycles. The highest BCUT2D eigenvalue weighted by Crippen LogP contribution is 2.13. The van der Waals surface area contributed by atoms with Gasteiger partial charge in [-0.2, -0.15) is 0 Å². The molecule has 0 spiro atoms. The van der Waals surface area contributed by atoms with Gasteiger partial charge in [-0.05, 0) is 57.2 Å². The first-order valence-electron chi connectivity index (χ1n) is 3.24. The van der Waals surface area contributed by atoms with E-state index in [1.807, 2.05) is 12.1 Å². The van der Waals surface area contributed by atoms with Gasteiger partial charge in [-0.3, -0.25) is 0 Å². The Morgan fingerprint density at radius 1 is 1.55 bits per heavy atom. The zero-order chi connectivity index (χ0) is 8.27. The van der Waals surface area contributed by atoms with Crippen LogP contribution in [0.25, 0.3) is 0 Å². The van der Waals surface area contributed by atoms with Gasteiger partial charge in [0.2, 0.25) is 0 Å². The van der Waals surface area contributed by atoms with E-state index in [0.29, 0.717) is 6.54 Å². The standard InChI is InChI=1S/C7H8BrIN2/c8-7-4-5(9)3-6(11-7)1-2-10/h3-4H,1-2,10H2. The lowest BCUT2D eigenvalue weighted by Gasteiger charge is -1.99. The zero-order valence-corrected chi connectivity index (χ0v) is 9.59. The van der Waals surface area contributed by atoms with Crippen LogP contribution >= 0.6 is 38.5 Å². The summed E-state index contributed by atoms with van der Waals surface area (Å²) < 4.78 is 2.07. The molecule has 2 nitrogen and oxygen atoms in total. The predicted octanol–water partition coefficient (Wildman–Crippen LogP) is 1.95. The third-order valence-electron chi connectivity index (χ3n) is 1.21. The van der Waals surface area contributed by atoms with Crippen molar-refractivity contribution < 1.29 is 0 Å². The minimum absolute atomic E-state index is 0.652. The number of hydrogen-bond acceptors (Lipinski definition) is 2. The molecule has 0 atom stereocenters. The van der Waals surface area contributed by atoms with Crippen molar-refractivity contribution in [3.05, 3.63) is 26.0 Å². The maximum atomic E-state index is 5.40. The molecule has 0 bridgehead atoms. The molecule has 0 unspecified atom stereocenters. The highest BCUT2D eigenvalue weighted by Gasteiger charge is 1.97. The van der Waals surface area contributed by atoms with Gasteiger partial charge in [0, 0.05) is 15.7 Å². The van der Waals surface area contributed by atoms with E-state index in [2.05, 4.69) is 43.5 Å². The molecule has 2 N–H and O–H groups in total. The molecule has 1 aromatic heterocycles. The van der Waals surface area contributed by atoms with Crippen molar-refractivity contribution >= 4 is 38.5 Å². The van der Waals surface area contributed by atoms with Crippen LogP contribution in [0.1, 0.15) is 5.69 Å². The first-order valence-corrected chi connectivity index (χ1v) is 5.11. The largest absolute Gasteiger partial charge is 0.330 e. The van der Waals surface area contributed by atoms with Gasteiger partial charge >= 0.3 is 0 Å². The molecule has 0 aliphatic rings. The molecule has 0 radical (unpaired) electrons. The van der Waals surface area contributed by atoms with Gasteiger partial charge in [0.15, 0.2) is 0 Å². The van der Waals surface area contributed by atoms with Crippen LogP contribution in [0.3, 0.4) is 0 Å². The summed E-state index contributed by atoms with van der Waals surface area (Å²) in [6.45, 7) is 0.652. The quantitative estimate of drug-likeness (QED) is 0.666. The Kier molecular flexibility index (Phi) is 3.74. The average Bonchev–Trinajstić information content (AvgIpc) is 1.85. The fourth-order valence-electron chi connectivity index (χ4n) is 0.792. The number of aromatic nitrogens is 1. The molecule has 1 rings (SSSR count). The lowest BCUT2D eigenvalue weighted by atomic mass is 10.3. The van der Waals surface area contributed by atoms with Crippen LogP contribution in [0.4, 0.5) is 0 Å². The van der Waals surface area contributed by atoms with Crippen molar-refractivity contribution in [2.75, 3.05) is 6.54 Å². The van der Waals surface area contributed by atoms with Crippen molar-refractivity contribution in [2.24, 2.45) is 5.73 Å². The zero-order valence-electron chi connectivity index (χ0n) is 5.85. The summed E-state index contributed by atoms with van der Waals surface area (Å²) in [5.41, 5.74) is 6.45. The fourth-order valence-corrected chi connectivity index (χ4v) is 2.35. The second-order valence-electron chi connectivity index (χ2n) is 2.14. The first kappa shape index (κ1) is 9.41. The first-order chi connectivity index (χ1) is 5.22. The summed E-state index contributed by atoms with van der Waals surface area (Å²) in [6.07, 6.45) is 0.843. The number of nitrogens with two attached hydrogens (primary N) is 1. The van der Waals surface area contributed by atoms with Crippen LogP contribution in [0.2, 0.25) is 0 Å². The Hall–Kier alpha value is 0.320. The Balaban J connectivity index is 2.89. The van der Waals surface area contributed by atoms with Crippen LogP contribution in [0.15, 0.2) is 16.7 Å². The van der Waals surface area contributed by atoms with Crippen molar-refractivity contribution in [3.63, 3.8) is 0 Å². The molecule has 0 aliphatic heterocycles. The van der Waals surface area contributed by atoms with Crippen molar-refractivity contribution in [2.45, 2.75) is 6.42 Å². The van der Waals surface area contributed by atoms with Crippen LogP contribution in [0, 0.1) is 3.57 Å². The number of rotatable bonds is 2. The summed E-state index contributed by atoms with van der Waals surface area (Å²) >= 11 is 5.59. The third-order valence-corrected chi connectivity index (χ3v) is 2.24. The second-order valence-corrected chi connectivity index (χ2v) is 4.20. The van der Waals surface area contributed by atoms with Crippen molar-refractivity contribution in [3.8, 4) is 0 Å². The van der Waals surface area contributed by atoms with Gasteiger partial charge < -0.3 is 5.73 Å². The molecule has 0 fully saturated rings. The number of pyridine rings is 1. The van der Waals surface area contributed by atoms with E-state index in [1.165, 1.54) is 3.57 Å². The Labute approximate surface area is 87.9 Å². The van der Waals surface area contributed by atoms with E-state index < -0.39 is 0 Å². The van der Waals surface area contributed by atoms with E-state index in [0.717, 1.165) is 16.7 Å². The molecule has 1 heterocycles. The van der Waals surface area contributed by atoms with Crippen molar-refractivity contribution in [1.29, 1.82) is 0 Å². The monoisotopic (exact) mass is 326 g/mol. The van der Waals surface area contributed by atoms with Crippen LogP contribution in [0.5, 0.6) is 0 Å². The third kappa shape index (κ3) is 3.04. The van der Waals surface area contributed by atoms with E-state index in [9.17, 15) is 0 Å². The maximum Gasteiger partial charge on any atom is 0.107 e. The van der Waals surface area contributed by atoms with Gasteiger partial charge in [-0.15, -0.1) is 0 Å². The topological polar surface area (TPSA) is 38.9 Å². The SMILES string of the molecule is NCCc1cc(I)cc(Br)n1. The van der Waals surface area contributed by atoms with Gasteiger partial charge in [-0.25, -0.2) is 4.98 Å². The lowest BCUT2D eigenvalue weighted by molar-refractivity contribution is 0.915. The highest BCUT2D eigenvalue weighted by atomic mass is 127. The number of halogens is 2. The van der Waals surface area contributed by atoms with E-state index in [-0.39, 0.29) is 0 Å². The van der Waals surface area contributed by atoms with E-state index in [1.54, 1.807) is 0 Å². The van der Waals surface area contributed by atoms with Gasteiger partial charge in [0.05, 0.1) is 0 Å². The summed E-state index contributed by atoms with van der Waals surface area (Å²) in [6, 6.07) is 4.01. The molecule has 0 aromatic carbocycles. The Morgan fingerprint density at radius 2 is 2.27 bits per heavy atom. The van der Waals surface area contributed by atoms with Gasteiger partial charge in [-0.1, -0.05) is 0 Å². The van der Waals surface area contributed by atoms with E-state index in [4.69, 9.17) is 5.73 Å².